The van der Waals surface area contributed by atoms with Gasteiger partial charge in [-0.15, -0.1) is 0 Å². The van der Waals surface area contributed by atoms with Crippen molar-refractivity contribution in [3.8, 4) is 0 Å². The normalized spacial score (nSPS) is 16.9. The standard InChI is InChI=1S/C22H24FN5O2/c1-22(2,3)27-9-8-18-17(19(27)24)11-25-28(18)13-14(10-23)12-26-20(29)15-6-4-5-7-16(15)21(26)30/h4-7,10-11,24H,8-9,12-13H2,1-3H3/b14-10+,24-19?. The van der Waals surface area contributed by atoms with Crippen molar-refractivity contribution in [2.24, 2.45) is 0 Å². The predicted octanol–water partition coefficient (Wildman–Crippen LogP) is 3.01. The van der Waals surface area contributed by atoms with Gasteiger partial charge in [0.05, 0.1) is 48.0 Å². The molecule has 0 fully saturated rings. The van der Waals surface area contributed by atoms with Crippen LogP contribution in [0.15, 0.2) is 42.4 Å². The summed E-state index contributed by atoms with van der Waals surface area (Å²) < 4.78 is 15.4. The van der Waals surface area contributed by atoms with Gasteiger partial charge in [-0.05, 0) is 38.5 Å². The van der Waals surface area contributed by atoms with E-state index in [1.54, 1.807) is 35.1 Å². The zero-order chi connectivity index (χ0) is 21.6. The number of halogens is 1. The molecule has 1 aromatic heterocycles. The zero-order valence-electron chi connectivity index (χ0n) is 17.3. The lowest BCUT2D eigenvalue weighted by Crippen LogP contribution is -2.49. The SMILES string of the molecule is CC(C)(C)N1CCc2c(cnn2C/C(=C/F)CN2C(=O)c3ccccc3C2=O)C1=N. The number of fused-ring (bicyclic) bond motifs is 2. The average molecular weight is 409 g/mol. The van der Waals surface area contributed by atoms with Gasteiger partial charge in [0.1, 0.15) is 5.84 Å². The molecule has 7 nitrogen and oxygen atoms in total. The number of benzene rings is 1. The molecule has 0 atom stereocenters. The Morgan fingerprint density at radius 1 is 1.13 bits per heavy atom. The van der Waals surface area contributed by atoms with Crippen LogP contribution in [0, 0.1) is 5.41 Å². The second kappa shape index (κ2) is 7.19. The molecule has 2 aromatic rings. The van der Waals surface area contributed by atoms with Gasteiger partial charge in [0.15, 0.2) is 0 Å². The first-order valence-corrected chi connectivity index (χ1v) is 9.87. The fourth-order valence-electron chi connectivity index (χ4n) is 4.05. The molecular weight excluding hydrogens is 385 g/mol. The van der Waals surface area contributed by atoms with Crippen molar-refractivity contribution in [1.29, 1.82) is 5.41 Å². The Balaban J connectivity index is 1.53. The van der Waals surface area contributed by atoms with E-state index in [9.17, 15) is 14.0 Å². The van der Waals surface area contributed by atoms with Crippen LogP contribution in [0.3, 0.4) is 0 Å². The van der Waals surface area contributed by atoms with Gasteiger partial charge in [0, 0.05) is 18.5 Å². The lowest BCUT2D eigenvalue weighted by atomic mass is 9.98. The minimum atomic E-state index is -0.417. The summed E-state index contributed by atoms with van der Waals surface area (Å²) in [7, 11) is 0. The van der Waals surface area contributed by atoms with Crippen LogP contribution in [0.5, 0.6) is 0 Å². The van der Waals surface area contributed by atoms with Gasteiger partial charge in [0.25, 0.3) is 11.8 Å². The van der Waals surface area contributed by atoms with E-state index in [1.807, 2.05) is 4.90 Å². The van der Waals surface area contributed by atoms with E-state index in [2.05, 4.69) is 25.9 Å². The molecule has 156 valence electrons. The Hall–Kier alpha value is -3.29. The van der Waals surface area contributed by atoms with Gasteiger partial charge in [-0.25, -0.2) is 4.39 Å². The van der Waals surface area contributed by atoms with E-state index in [-0.39, 0.29) is 24.2 Å². The lowest BCUT2D eigenvalue weighted by Gasteiger charge is -2.40. The molecule has 1 aromatic carbocycles. The topological polar surface area (TPSA) is 82.3 Å². The fraction of sp³-hybridized carbons (Fsp3) is 0.364. The number of amides is 2. The largest absolute Gasteiger partial charge is 0.351 e. The highest BCUT2D eigenvalue weighted by Gasteiger charge is 2.36. The smallest absolute Gasteiger partial charge is 0.261 e. The maximum Gasteiger partial charge on any atom is 0.261 e. The number of rotatable bonds is 4. The van der Waals surface area contributed by atoms with E-state index in [4.69, 9.17) is 5.41 Å². The Morgan fingerprint density at radius 2 is 1.77 bits per heavy atom. The minimum absolute atomic E-state index is 0.113. The first-order chi connectivity index (χ1) is 14.2. The van der Waals surface area contributed by atoms with Crippen LogP contribution in [0.2, 0.25) is 0 Å². The second-order valence-corrected chi connectivity index (χ2v) is 8.59. The molecule has 0 spiro atoms. The van der Waals surface area contributed by atoms with Crippen LogP contribution < -0.4 is 0 Å². The maximum atomic E-state index is 13.7. The summed E-state index contributed by atoms with van der Waals surface area (Å²) in [6, 6.07) is 6.60. The van der Waals surface area contributed by atoms with Crippen LogP contribution in [0.4, 0.5) is 4.39 Å². The number of aromatic nitrogens is 2. The Labute approximate surface area is 174 Å². The Morgan fingerprint density at radius 3 is 2.33 bits per heavy atom. The molecule has 0 saturated carbocycles. The van der Waals surface area contributed by atoms with Crippen molar-refractivity contribution >= 4 is 17.6 Å². The van der Waals surface area contributed by atoms with Crippen LogP contribution in [-0.4, -0.2) is 55.9 Å². The Bertz CT molecular complexity index is 1040. The number of carbonyl (C=O) groups excluding carboxylic acids is 2. The monoisotopic (exact) mass is 409 g/mol. The van der Waals surface area contributed by atoms with Gasteiger partial charge in [-0.1, -0.05) is 12.1 Å². The number of amidine groups is 1. The third kappa shape index (κ3) is 3.22. The van der Waals surface area contributed by atoms with Crippen LogP contribution >= 0.6 is 0 Å². The summed E-state index contributed by atoms with van der Waals surface area (Å²) in [6.07, 6.45) is 2.75. The van der Waals surface area contributed by atoms with Crippen molar-refractivity contribution in [2.75, 3.05) is 13.1 Å². The lowest BCUT2D eigenvalue weighted by molar-refractivity contribution is 0.0666. The summed E-state index contributed by atoms with van der Waals surface area (Å²) in [5, 5.41) is 12.9. The molecule has 1 N–H and O–H groups in total. The molecular formula is C22H24FN5O2. The zero-order valence-corrected chi connectivity index (χ0v) is 17.3. The van der Waals surface area contributed by atoms with Crippen LogP contribution in [0.1, 0.15) is 52.7 Å². The number of nitrogens with one attached hydrogen (secondary N) is 1. The van der Waals surface area contributed by atoms with Gasteiger partial charge in [0.2, 0.25) is 0 Å². The summed E-state index contributed by atoms with van der Waals surface area (Å²) >= 11 is 0. The Kier molecular flexibility index (Phi) is 4.80. The van der Waals surface area contributed by atoms with Gasteiger partial charge < -0.3 is 4.90 Å². The van der Waals surface area contributed by atoms with Crippen molar-refractivity contribution in [3.05, 3.63) is 64.7 Å². The van der Waals surface area contributed by atoms with Crippen LogP contribution in [-0.2, 0) is 13.0 Å². The quantitative estimate of drug-likeness (QED) is 0.787. The van der Waals surface area contributed by atoms with Gasteiger partial charge >= 0.3 is 0 Å². The molecule has 0 saturated heterocycles. The van der Waals surface area contributed by atoms with E-state index in [1.165, 1.54) is 0 Å². The van der Waals surface area contributed by atoms with E-state index in [0.29, 0.717) is 36.3 Å². The van der Waals surface area contributed by atoms with Crippen molar-refractivity contribution in [1.82, 2.24) is 19.6 Å². The van der Waals surface area contributed by atoms with Crippen LogP contribution in [0.25, 0.3) is 0 Å². The highest BCUT2D eigenvalue weighted by Crippen LogP contribution is 2.27. The predicted molar refractivity (Wildman–Crippen MR) is 110 cm³/mol. The number of nitrogens with zero attached hydrogens (tertiary/aromatic N) is 4. The summed E-state index contributed by atoms with van der Waals surface area (Å²) in [5.41, 5.74) is 2.37. The molecule has 0 bridgehead atoms. The highest BCUT2D eigenvalue weighted by atomic mass is 19.1. The molecule has 0 radical (unpaired) electrons. The average Bonchev–Trinajstić information content (AvgIpc) is 3.22. The van der Waals surface area contributed by atoms with E-state index in [0.717, 1.165) is 16.2 Å². The van der Waals surface area contributed by atoms with Crippen molar-refractivity contribution in [2.45, 2.75) is 39.3 Å². The third-order valence-electron chi connectivity index (χ3n) is 5.60. The molecule has 0 unspecified atom stereocenters. The molecule has 0 aliphatic carbocycles. The number of hydrogen-bond acceptors (Lipinski definition) is 4. The first-order valence-electron chi connectivity index (χ1n) is 9.87. The maximum absolute atomic E-state index is 13.7. The summed E-state index contributed by atoms with van der Waals surface area (Å²) in [4.78, 5) is 28.2. The van der Waals surface area contributed by atoms with Gasteiger partial charge in [-0.2, -0.15) is 5.10 Å². The molecule has 2 aliphatic rings. The summed E-state index contributed by atoms with van der Waals surface area (Å²) in [6.45, 7) is 6.83. The third-order valence-corrected chi connectivity index (χ3v) is 5.60. The van der Waals surface area contributed by atoms with E-state index < -0.39 is 11.8 Å². The minimum Gasteiger partial charge on any atom is -0.351 e. The summed E-state index contributed by atoms with van der Waals surface area (Å²) in [5.74, 6) is -0.429. The van der Waals surface area contributed by atoms with Gasteiger partial charge in [-0.3, -0.25) is 24.6 Å². The van der Waals surface area contributed by atoms with E-state index >= 15 is 0 Å². The van der Waals surface area contributed by atoms with Crippen molar-refractivity contribution in [3.63, 3.8) is 0 Å². The van der Waals surface area contributed by atoms with Crippen molar-refractivity contribution < 1.29 is 14.0 Å². The highest BCUT2D eigenvalue weighted by molar-refractivity contribution is 6.21. The fourth-order valence-corrected chi connectivity index (χ4v) is 4.05. The molecule has 2 aliphatic heterocycles. The number of hydrogen-bond donors (Lipinski definition) is 1. The first kappa shape index (κ1) is 20.0. The molecule has 3 heterocycles. The number of imide groups is 1. The molecule has 30 heavy (non-hydrogen) atoms. The molecule has 4 rings (SSSR count). The molecule has 8 heteroatoms. The second-order valence-electron chi connectivity index (χ2n) is 8.59. The molecule has 2 amide bonds. The number of carbonyl (C=O) groups is 2.